The van der Waals surface area contributed by atoms with Crippen molar-refractivity contribution < 1.29 is 18.1 Å². The van der Waals surface area contributed by atoms with Gasteiger partial charge < -0.3 is 4.74 Å². The molecule has 0 aliphatic rings. The fourth-order valence-corrected chi connectivity index (χ4v) is 3.30. The van der Waals surface area contributed by atoms with E-state index in [0.29, 0.717) is 12.4 Å². The predicted octanol–water partition coefficient (Wildman–Crippen LogP) is 3.80. The molecule has 0 aliphatic heterocycles. The monoisotopic (exact) mass is 364 g/mol. The highest BCUT2D eigenvalue weighted by Gasteiger charge is 2.22. The van der Waals surface area contributed by atoms with E-state index in [1.807, 2.05) is 13.8 Å². The molecule has 1 N–H and O–H groups in total. The minimum atomic E-state index is -3.93. The summed E-state index contributed by atoms with van der Waals surface area (Å²) in [5, 5.41) is 11.3. The van der Waals surface area contributed by atoms with E-state index in [4.69, 9.17) is 4.74 Å². The molecule has 0 heterocycles. The molecule has 0 unspecified atom stereocenters. The maximum absolute atomic E-state index is 12.5. The molecular formula is C17H20N2O5S. The Morgan fingerprint density at radius 1 is 1.12 bits per heavy atom. The van der Waals surface area contributed by atoms with E-state index in [0.717, 1.165) is 17.5 Å². The van der Waals surface area contributed by atoms with Crippen molar-refractivity contribution >= 4 is 21.4 Å². The lowest BCUT2D eigenvalue weighted by atomic mass is 10.1. The Hall–Kier alpha value is -2.61. The van der Waals surface area contributed by atoms with Crippen molar-refractivity contribution in [1.82, 2.24) is 0 Å². The van der Waals surface area contributed by atoms with Crippen LogP contribution in [-0.4, -0.2) is 19.9 Å². The van der Waals surface area contributed by atoms with Crippen molar-refractivity contribution in [3.8, 4) is 5.75 Å². The first kappa shape index (κ1) is 18.7. The van der Waals surface area contributed by atoms with Crippen molar-refractivity contribution in [2.75, 3.05) is 11.3 Å². The molecule has 8 heteroatoms. The van der Waals surface area contributed by atoms with Gasteiger partial charge in [-0.05, 0) is 55.7 Å². The van der Waals surface area contributed by atoms with Crippen LogP contribution in [0.5, 0.6) is 5.75 Å². The molecule has 0 amide bonds. The lowest BCUT2D eigenvalue weighted by Crippen LogP contribution is -2.14. The van der Waals surface area contributed by atoms with E-state index in [9.17, 15) is 18.5 Å². The van der Waals surface area contributed by atoms with Crippen LogP contribution in [0.4, 0.5) is 11.4 Å². The maximum atomic E-state index is 12.5. The number of ether oxygens (including phenoxy) is 1. The molecule has 0 saturated carbocycles. The number of benzene rings is 2. The van der Waals surface area contributed by atoms with Gasteiger partial charge in [-0.15, -0.1) is 0 Å². The summed E-state index contributed by atoms with van der Waals surface area (Å²) >= 11 is 0. The Bertz CT molecular complexity index is 894. The summed E-state index contributed by atoms with van der Waals surface area (Å²) in [6, 6.07) is 8.74. The van der Waals surface area contributed by atoms with Gasteiger partial charge in [-0.3, -0.25) is 14.8 Å². The smallest absolute Gasteiger partial charge is 0.297 e. The van der Waals surface area contributed by atoms with Crippen molar-refractivity contribution in [2.24, 2.45) is 0 Å². The lowest BCUT2D eigenvalue weighted by molar-refractivity contribution is -0.384. The standard InChI is InChI=1S/C17H20N2O5S/c1-4-9-24-14-6-8-16(17(11-14)19(20)21)18-25(22,23)15-7-5-12(2)13(3)10-15/h5-8,10-11,18H,4,9H2,1-3H3. The first-order valence-electron chi connectivity index (χ1n) is 7.76. The van der Waals surface area contributed by atoms with Crippen LogP contribution in [0.3, 0.4) is 0 Å². The number of rotatable bonds is 7. The number of sulfonamides is 1. The zero-order chi connectivity index (χ0) is 18.6. The number of nitro benzene ring substituents is 1. The molecule has 0 fully saturated rings. The summed E-state index contributed by atoms with van der Waals surface area (Å²) in [6.45, 7) is 6.01. The predicted molar refractivity (Wildman–Crippen MR) is 95.6 cm³/mol. The van der Waals surface area contributed by atoms with Crippen LogP contribution in [-0.2, 0) is 10.0 Å². The number of nitro groups is 1. The summed E-state index contributed by atoms with van der Waals surface area (Å²) in [5.74, 6) is 0.322. The van der Waals surface area contributed by atoms with Crippen LogP contribution in [0.2, 0.25) is 0 Å². The summed E-state index contributed by atoms with van der Waals surface area (Å²) in [7, 11) is -3.93. The average Bonchev–Trinajstić information content (AvgIpc) is 2.55. The molecule has 0 radical (unpaired) electrons. The summed E-state index contributed by atoms with van der Waals surface area (Å²) in [5.41, 5.74) is 1.32. The van der Waals surface area contributed by atoms with Crippen molar-refractivity contribution in [3.63, 3.8) is 0 Å². The highest BCUT2D eigenvalue weighted by atomic mass is 32.2. The molecule has 0 spiro atoms. The van der Waals surface area contributed by atoms with E-state index in [2.05, 4.69) is 4.72 Å². The Morgan fingerprint density at radius 2 is 1.84 bits per heavy atom. The molecule has 0 aromatic heterocycles. The number of nitrogens with one attached hydrogen (secondary N) is 1. The Kier molecular flexibility index (Phi) is 5.63. The van der Waals surface area contributed by atoms with Crippen LogP contribution in [0.25, 0.3) is 0 Å². The Labute approximate surface area is 146 Å². The van der Waals surface area contributed by atoms with Crippen molar-refractivity contribution in [3.05, 3.63) is 57.6 Å². The van der Waals surface area contributed by atoms with E-state index in [1.165, 1.54) is 30.3 Å². The van der Waals surface area contributed by atoms with Crippen LogP contribution in [0.15, 0.2) is 41.3 Å². The second kappa shape index (κ2) is 7.52. The van der Waals surface area contributed by atoms with Crippen molar-refractivity contribution in [1.29, 1.82) is 0 Å². The zero-order valence-electron chi connectivity index (χ0n) is 14.3. The lowest BCUT2D eigenvalue weighted by Gasteiger charge is -2.11. The van der Waals surface area contributed by atoms with Gasteiger partial charge >= 0.3 is 0 Å². The molecule has 0 aliphatic carbocycles. The Morgan fingerprint density at radius 3 is 2.44 bits per heavy atom. The van der Waals surface area contributed by atoms with Gasteiger partial charge in [-0.25, -0.2) is 8.42 Å². The van der Waals surface area contributed by atoms with Gasteiger partial charge in [0.15, 0.2) is 0 Å². The minimum Gasteiger partial charge on any atom is -0.493 e. The van der Waals surface area contributed by atoms with Crippen LogP contribution < -0.4 is 9.46 Å². The highest BCUT2D eigenvalue weighted by Crippen LogP contribution is 2.31. The van der Waals surface area contributed by atoms with Crippen LogP contribution in [0.1, 0.15) is 24.5 Å². The van der Waals surface area contributed by atoms with Crippen LogP contribution in [0, 0.1) is 24.0 Å². The van der Waals surface area contributed by atoms with Crippen molar-refractivity contribution in [2.45, 2.75) is 32.1 Å². The first-order valence-corrected chi connectivity index (χ1v) is 9.24. The summed E-state index contributed by atoms with van der Waals surface area (Å²) in [6.07, 6.45) is 0.759. The van der Waals surface area contributed by atoms with E-state index in [-0.39, 0.29) is 16.3 Å². The Balaban J connectivity index is 2.37. The highest BCUT2D eigenvalue weighted by molar-refractivity contribution is 7.92. The third kappa shape index (κ3) is 4.48. The molecule has 0 bridgehead atoms. The summed E-state index contributed by atoms with van der Waals surface area (Å²) < 4.78 is 32.7. The summed E-state index contributed by atoms with van der Waals surface area (Å²) in [4.78, 5) is 10.7. The molecule has 134 valence electrons. The van der Waals surface area contributed by atoms with Gasteiger partial charge in [0, 0.05) is 0 Å². The largest absolute Gasteiger partial charge is 0.493 e. The maximum Gasteiger partial charge on any atom is 0.297 e. The number of anilines is 1. The SMILES string of the molecule is CCCOc1ccc(NS(=O)(=O)c2ccc(C)c(C)c2)c([N+](=O)[O-])c1. The fourth-order valence-electron chi connectivity index (χ4n) is 2.14. The minimum absolute atomic E-state index is 0.0520. The molecular weight excluding hydrogens is 344 g/mol. The van der Waals surface area contributed by atoms with E-state index >= 15 is 0 Å². The van der Waals surface area contributed by atoms with Gasteiger partial charge in [0.2, 0.25) is 0 Å². The quantitative estimate of drug-likeness (QED) is 0.595. The average molecular weight is 364 g/mol. The second-order valence-corrected chi connectivity index (χ2v) is 7.32. The third-order valence-corrected chi connectivity index (χ3v) is 5.03. The van der Waals surface area contributed by atoms with E-state index < -0.39 is 14.9 Å². The van der Waals surface area contributed by atoms with Gasteiger partial charge in [0.25, 0.3) is 15.7 Å². The molecule has 2 rings (SSSR count). The molecule has 0 atom stereocenters. The molecule has 2 aromatic carbocycles. The second-order valence-electron chi connectivity index (χ2n) is 5.64. The number of aryl methyl sites for hydroxylation is 2. The fraction of sp³-hybridized carbons (Fsp3) is 0.294. The number of hydrogen-bond donors (Lipinski definition) is 1. The topological polar surface area (TPSA) is 98.5 Å². The first-order chi connectivity index (χ1) is 11.7. The molecule has 0 saturated heterocycles. The molecule has 7 nitrogen and oxygen atoms in total. The van der Waals surface area contributed by atoms with E-state index in [1.54, 1.807) is 13.0 Å². The molecule has 25 heavy (non-hydrogen) atoms. The number of nitrogens with zero attached hydrogens (tertiary/aromatic N) is 1. The normalized spacial score (nSPS) is 11.2. The van der Waals surface area contributed by atoms with Gasteiger partial charge in [0.05, 0.1) is 22.5 Å². The van der Waals surface area contributed by atoms with Crippen LogP contribution >= 0.6 is 0 Å². The zero-order valence-corrected chi connectivity index (χ0v) is 15.1. The number of hydrogen-bond acceptors (Lipinski definition) is 5. The third-order valence-electron chi connectivity index (χ3n) is 3.67. The van der Waals surface area contributed by atoms with Gasteiger partial charge in [-0.1, -0.05) is 13.0 Å². The van der Waals surface area contributed by atoms with Gasteiger partial charge in [-0.2, -0.15) is 0 Å². The van der Waals surface area contributed by atoms with Gasteiger partial charge in [0.1, 0.15) is 11.4 Å². The molecule has 2 aromatic rings.